The van der Waals surface area contributed by atoms with Gasteiger partial charge < -0.3 is 19.2 Å². The molecule has 1 aliphatic rings. The van der Waals surface area contributed by atoms with Gasteiger partial charge in [-0.15, -0.1) is 0 Å². The van der Waals surface area contributed by atoms with E-state index in [1.807, 2.05) is 20.8 Å². The molecular formula is C17H35NO4Si. The molecule has 1 unspecified atom stereocenters. The van der Waals surface area contributed by atoms with Crippen molar-refractivity contribution in [1.29, 1.82) is 0 Å². The number of nitrogens with zero attached hydrogens (tertiary/aromatic N) is 1. The van der Waals surface area contributed by atoms with Crippen LogP contribution in [-0.4, -0.2) is 56.0 Å². The van der Waals surface area contributed by atoms with Gasteiger partial charge in [-0.25, -0.2) is 4.79 Å². The number of carbonyl (C=O) groups is 1. The number of aliphatic hydroxyl groups is 1. The molecule has 0 aliphatic carbocycles. The fraction of sp³-hybridized carbons (Fsp3) is 0.941. The third kappa shape index (κ3) is 6.08. The first kappa shape index (κ1) is 20.5. The topological polar surface area (TPSA) is 59.0 Å². The molecule has 0 aromatic heterocycles. The molecule has 0 spiro atoms. The van der Waals surface area contributed by atoms with Gasteiger partial charge in [0, 0.05) is 12.5 Å². The zero-order valence-electron chi connectivity index (χ0n) is 16.0. The maximum Gasteiger partial charge on any atom is 0.410 e. The summed E-state index contributed by atoms with van der Waals surface area (Å²) in [5.74, 6) is 0.231. The maximum atomic E-state index is 12.4. The first-order valence-electron chi connectivity index (χ1n) is 8.61. The molecule has 1 heterocycles. The zero-order chi connectivity index (χ0) is 18.0. The van der Waals surface area contributed by atoms with Crippen molar-refractivity contribution in [2.45, 2.75) is 78.8 Å². The van der Waals surface area contributed by atoms with E-state index in [9.17, 15) is 9.90 Å². The van der Waals surface area contributed by atoms with Gasteiger partial charge in [-0.1, -0.05) is 20.8 Å². The first-order valence-corrected chi connectivity index (χ1v) is 11.4. The second-order valence-corrected chi connectivity index (χ2v) is 11.3. The van der Waals surface area contributed by atoms with Crippen LogP contribution in [0.3, 0.4) is 0 Å². The normalized spacial score (nSPS) is 24.2. The third-order valence-corrected chi connectivity index (χ3v) is 4.82. The van der Waals surface area contributed by atoms with Gasteiger partial charge in [0.25, 0.3) is 0 Å². The molecule has 1 amide bonds. The monoisotopic (exact) mass is 345 g/mol. The summed E-state index contributed by atoms with van der Waals surface area (Å²) in [6.07, 6.45) is 0.517. The van der Waals surface area contributed by atoms with Crippen molar-refractivity contribution in [3.05, 3.63) is 0 Å². The van der Waals surface area contributed by atoms with Crippen molar-refractivity contribution in [3.63, 3.8) is 0 Å². The summed E-state index contributed by atoms with van der Waals surface area (Å²) < 4.78 is 11.8. The highest BCUT2D eigenvalue weighted by Crippen LogP contribution is 2.37. The van der Waals surface area contributed by atoms with Crippen molar-refractivity contribution >= 4 is 15.1 Å². The van der Waals surface area contributed by atoms with Crippen LogP contribution in [0.5, 0.6) is 0 Å². The molecular weight excluding hydrogens is 310 g/mol. The van der Waals surface area contributed by atoms with E-state index in [1.165, 1.54) is 0 Å². The second-order valence-electron chi connectivity index (χ2n) is 8.94. The minimum absolute atomic E-state index is 0.00584. The Kier molecular flexibility index (Phi) is 6.70. The van der Waals surface area contributed by atoms with Crippen LogP contribution in [0.4, 0.5) is 4.79 Å². The van der Waals surface area contributed by atoms with Crippen molar-refractivity contribution in [1.82, 2.24) is 4.90 Å². The van der Waals surface area contributed by atoms with Crippen molar-refractivity contribution in [2.24, 2.45) is 11.3 Å². The van der Waals surface area contributed by atoms with E-state index >= 15 is 0 Å². The van der Waals surface area contributed by atoms with Crippen molar-refractivity contribution in [3.8, 4) is 0 Å². The van der Waals surface area contributed by atoms with Crippen molar-refractivity contribution < 1.29 is 19.1 Å². The summed E-state index contributed by atoms with van der Waals surface area (Å²) in [6.45, 7) is 17.0. The van der Waals surface area contributed by atoms with E-state index in [-0.39, 0.29) is 36.2 Å². The lowest BCUT2D eigenvalue weighted by Crippen LogP contribution is -2.43. The fourth-order valence-corrected chi connectivity index (χ4v) is 4.42. The van der Waals surface area contributed by atoms with Crippen LogP contribution in [0.2, 0.25) is 13.1 Å². The van der Waals surface area contributed by atoms with Gasteiger partial charge in [0.1, 0.15) is 5.60 Å². The standard InChI is InChI=1S/C17H35NO4Si/c1-16(2,3)14(22-23(7)8)12-9-13(11-19)18(10-12)15(20)21-17(4,5)6/h12-14,19,23H,9-11H2,1-8H3/t12-,13+,14?/m1/s1. The molecule has 6 heteroatoms. The van der Waals surface area contributed by atoms with Gasteiger partial charge in [0.2, 0.25) is 0 Å². The van der Waals surface area contributed by atoms with Crippen LogP contribution in [0, 0.1) is 11.3 Å². The molecule has 5 nitrogen and oxygen atoms in total. The molecule has 136 valence electrons. The Bertz CT molecular complexity index is 400. The molecule has 0 aromatic carbocycles. The number of likely N-dealkylation sites (tertiary alicyclic amines) is 1. The maximum absolute atomic E-state index is 12.4. The van der Waals surface area contributed by atoms with Gasteiger partial charge in [-0.2, -0.15) is 0 Å². The van der Waals surface area contributed by atoms with Crippen LogP contribution in [0.15, 0.2) is 0 Å². The first-order chi connectivity index (χ1) is 10.3. The molecule has 3 atom stereocenters. The van der Waals surface area contributed by atoms with Crippen LogP contribution in [0.25, 0.3) is 0 Å². The number of amides is 1. The van der Waals surface area contributed by atoms with Crippen LogP contribution >= 0.6 is 0 Å². The van der Waals surface area contributed by atoms with E-state index in [0.29, 0.717) is 6.54 Å². The molecule has 1 fully saturated rings. The van der Waals surface area contributed by atoms with E-state index in [0.717, 1.165) is 6.42 Å². The Hall–Kier alpha value is -0.593. The Balaban J connectivity index is 2.89. The summed E-state index contributed by atoms with van der Waals surface area (Å²) in [6, 6.07) is -0.183. The highest BCUT2D eigenvalue weighted by atomic mass is 28.3. The Morgan fingerprint density at radius 2 is 1.83 bits per heavy atom. The molecule has 0 saturated carbocycles. The molecule has 1 saturated heterocycles. The molecule has 0 bridgehead atoms. The average molecular weight is 346 g/mol. The SMILES string of the molecule is C[SiH](C)OC([C@@H]1C[C@@H](CO)N(C(=O)OC(C)(C)C)C1)C(C)(C)C. The van der Waals surface area contributed by atoms with Crippen LogP contribution in [0.1, 0.15) is 48.0 Å². The number of hydrogen-bond acceptors (Lipinski definition) is 4. The molecule has 1 rings (SSSR count). The number of hydrogen-bond donors (Lipinski definition) is 1. The number of rotatable bonds is 4. The third-order valence-electron chi connectivity index (χ3n) is 3.99. The summed E-state index contributed by atoms with van der Waals surface area (Å²) >= 11 is 0. The van der Waals surface area contributed by atoms with E-state index in [4.69, 9.17) is 9.16 Å². The summed E-state index contributed by atoms with van der Waals surface area (Å²) in [5.41, 5.74) is -0.522. The molecule has 1 N–H and O–H groups in total. The summed E-state index contributed by atoms with van der Waals surface area (Å²) in [5, 5.41) is 9.69. The largest absolute Gasteiger partial charge is 0.444 e. The Labute approximate surface area is 143 Å². The van der Waals surface area contributed by atoms with Gasteiger partial charge in [0.15, 0.2) is 9.04 Å². The summed E-state index contributed by atoms with van der Waals surface area (Å²) in [7, 11) is -1.19. The number of carbonyl (C=O) groups excluding carboxylic acids is 1. The minimum atomic E-state index is -1.19. The van der Waals surface area contributed by atoms with E-state index < -0.39 is 14.6 Å². The number of ether oxygens (including phenoxy) is 1. The average Bonchev–Trinajstić information content (AvgIpc) is 2.76. The minimum Gasteiger partial charge on any atom is -0.444 e. The zero-order valence-corrected chi connectivity index (χ0v) is 17.2. The van der Waals surface area contributed by atoms with Crippen molar-refractivity contribution in [2.75, 3.05) is 13.2 Å². The Morgan fingerprint density at radius 3 is 2.22 bits per heavy atom. The highest BCUT2D eigenvalue weighted by molar-refractivity contribution is 6.48. The lowest BCUT2D eigenvalue weighted by molar-refractivity contribution is 0.0128. The predicted octanol–water partition coefficient (Wildman–Crippen LogP) is 3.02. The molecule has 23 heavy (non-hydrogen) atoms. The van der Waals surface area contributed by atoms with E-state index in [1.54, 1.807) is 4.90 Å². The molecule has 1 aliphatic heterocycles. The highest BCUT2D eigenvalue weighted by Gasteiger charge is 2.44. The van der Waals surface area contributed by atoms with Gasteiger partial charge >= 0.3 is 6.09 Å². The quantitative estimate of drug-likeness (QED) is 0.796. The molecule has 0 aromatic rings. The van der Waals surface area contributed by atoms with E-state index in [2.05, 4.69) is 33.9 Å². The van der Waals surface area contributed by atoms with Gasteiger partial charge in [-0.3, -0.25) is 0 Å². The van der Waals surface area contributed by atoms with Gasteiger partial charge in [0.05, 0.1) is 18.8 Å². The lowest BCUT2D eigenvalue weighted by Gasteiger charge is -2.37. The summed E-state index contributed by atoms with van der Waals surface area (Å²) in [4.78, 5) is 14.1. The Morgan fingerprint density at radius 1 is 1.26 bits per heavy atom. The smallest absolute Gasteiger partial charge is 0.410 e. The molecule has 0 radical (unpaired) electrons. The number of aliphatic hydroxyl groups excluding tert-OH is 1. The predicted molar refractivity (Wildman–Crippen MR) is 95.1 cm³/mol. The lowest BCUT2D eigenvalue weighted by atomic mass is 9.80. The van der Waals surface area contributed by atoms with Crippen LogP contribution in [-0.2, 0) is 9.16 Å². The fourth-order valence-electron chi connectivity index (χ4n) is 3.21. The van der Waals surface area contributed by atoms with Gasteiger partial charge in [-0.05, 0) is 45.7 Å². The van der Waals surface area contributed by atoms with Crippen LogP contribution < -0.4 is 0 Å². The second kappa shape index (κ2) is 7.53.